The van der Waals surface area contributed by atoms with E-state index in [9.17, 15) is 9.18 Å². The maximum atomic E-state index is 13.9. The fourth-order valence-corrected chi connectivity index (χ4v) is 3.68. The molecule has 0 spiro atoms. The molecule has 0 saturated carbocycles. The van der Waals surface area contributed by atoms with Crippen LogP contribution in [0.3, 0.4) is 0 Å². The fraction of sp³-hybridized carbons (Fsp3) is 0.421. The number of ether oxygens (including phenoxy) is 2. The first-order valence-corrected chi connectivity index (χ1v) is 10.0. The molecule has 7 nitrogen and oxygen atoms in total. The number of carbonyl (C=O) groups is 1. The summed E-state index contributed by atoms with van der Waals surface area (Å²) >= 11 is 1.32. The van der Waals surface area contributed by atoms with Crippen LogP contribution in [0.25, 0.3) is 0 Å². The van der Waals surface area contributed by atoms with Crippen molar-refractivity contribution in [1.29, 1.82) is 0 Å². The van der Waals surface area contributed by atoms with E-state index in [1.165, 1.54) is 17.8 Å². The van der Waals surface area contributed by atoms with Gasteiger partial charge in [-0.15, -0.1) is 16.8 Å². The van der Waals surface area contributed by atoms with Crippen molar-refractivity contribution < 1.29 is 18.7 Å². The van der Waals surface area contributed by atoms with E-state index in [-0.39, 0.29) is 17.4 Å². The summed E-state index contributed by atoms with van der Waals surface area (Å²) in [6, 6.07) is 6.22. The molecule has 1 saturated heterocycles. The quantitative estimate of drug-likeness (QED) is 0.496. The predicted molar refractivity (Wildman–Crippen MR) is 104 cm³/mol. The summed E-state index contributed by atoms with van der Waals surface area (Å²) in [6.07, 6.45) is 1.20. The van der Waals surface area contributed by atoms with Crippen molar-refractivity contribution in [2.75, 3.05) is 32.1 Å². The average molecular weight is 406 g/mol. The molecular weight excluding hydrogens is 383 g/mol. The summed E-state index contributed by atoms with van der Waals surface area (Å²) < 4.78 is 26.7. The van der Waals surface area contributed by atoms with Crippen LogP contribution in [0.1, 0.15) is 18.9 Å². The molecule has 1 atom stereocenters. The van der Waals surface area contributed by atoms with Crippen LogP contribution in [-0.2, 0) is 16.1 Å². The number of amides is 1. The third-order valence-corrected chi connectivity index (χ3v) is 5.20. The zero-order chi connectivity index (χ0) is 19.9. The third-order valence-electron chi connectivity index (χ3n) is 4.25. The third kappa shape index (κ3) is 4.90. The van der Waals surface area contributed by atoms with Crippen LogP contribution in [0, 0.1) is 5.82 Å². The van der Waals surface area contributed by atoms with Gasteiger partial charge < -0.3 is 14.4 Å². The zero-order valence-electron chi connectivity index (χ0n) is 15.7. The highest BCUT2D eigenvalue weighted by Gasteiger charge is 2.22. The molecule has 0 N–H and O–H groups in total. The van der Waals surface area contributed by atoms with Crippen molar-refractivity contribution in [2.45, 2.75) is 24.7 Å². The number of thioether (sulfide) groups is 1. The van der Waals surface area contributed by atoms with Crippen LogP contribution in [0.4, 0.5) is 4.39 Å². The highest BCUT2D eigenvalue weighted by molar-refractivity contribution is 7.99. The second-order valence-electron chi connectivity index (χ2n) is 6.21. The summed E-state index contributed by atoms with van der Waals surface area (Å²) in [6.45, 7) is 8.36. The number of rotatable bonds is 8. The minimum Gasteiger partial charge on any atom is -0.480 e. The minimum absolute atomic E-state index is 0.0404. The molecule has 0 aliphatic carbocycles. The van der Waals surface area contributed by atoms with E-state index >= 15 is 0 Å². The van der Waals surface area contributed by atoms with Gasteiger partial charge in [0.2, 0.25) is 5.91 Å². The molecule has 28 heavy (non-hydrogen) atoms. The number of benzene rings is 1. The molecule has 1 amide bonds. The Bertz CT molecular complexity index is 823. The Morgan fingerprint density at radius 2 is 2.14 bits per heavy atom. The van der Waals surface area contributed by atoms with Crippen LogP contribution in [0.5, 0.6) is 5.75 Å². The molecule has 1 fully saturated rings. The zero-order valence-corrected chi connectivity index (χ0v) is 16.5. The predicted octanol–water partition coefficient (Wildman–Crippen LogP) is 2.69. The van der Waals surface area contributed by atoms with Gasteiger partial charge in [-0.25, -0.2) is 4.39 Å². The first-order chi connectivity index (χ1) is 13.6. The van der Waals surface area contributed by atoms with Gasteiger partial charge >= 0.3 is 0 Å². The van der Waals surface area contributed by atoms with E-state index < -0.39 is 11.9 Å². The maximum Gasteiger partial charge on any atom is 0.233 e. The Labute approximate surface area is 167 Å². The number of hydrogen-bond donors (Lipinski definition) is 0. The maximum absolute atomic E-state index is 13.9. The molecule has 1 aliphatic rings. The number of nitrogens with zero attached hydrogens (tertiary/aromatic N) is 4. The van der Waals surface area contributed by atoms with Gasteiger partial charge in [-0.05, 0) is 19.1 Å². The Kier molecular flexibility index (Phi) is 7.05. The molecule has 150 valence electrons. The van der Waals surface area contributed by atoms with E-state index in [2.05, 4.69) is 16.8 Å². The molecule has 1 aromatic heterocycles. The van der Waals surface area contributed by atoms with Gasteiger partial charge in [0.15, 0.2) is 28.7 Å². The van der Waals surface area contributed by atoms with Crippen molar-refractivity contribution in [3.8, 4) is 5.75 Å². The van der Waals surface area contributed by atoms with Crippen molar-refractivity contribution in [3.63, 3.8) is 0 Å². The number of halogens is 1. The molecule has 1 aromatic carbocycles. The number of aromatic nitrogens is 3. The lowest BCUT2D eigenvalue weighted by Gasteiger charge is -2.26. The largest absolute Gasteiger partial charge is 0.480 e. The summed E-state index contributed by atoms with van der Waals surface area (Å²) in [7, 11) is 0. The molecule has 0 bridgehead atoms. The first kappa shape index (κ1) is 20.3. The molecule has 1 unspecified atom stereocenters. The lowest BCUT2D eigenvalue weighted by molar-refractivity contribution is -0.132. The summed E-state index contributed by atoms with van der Waals surface area (Å²) in [4.78, 5) is 14.2. The molecule has 3 rings (SSSR count). The smallest absolute Gasteiger partial charge is 0.233 e. The fourth-order valence-electron chi connectivity index (χ4n) is 2.82. The Hall–Kier alpha value is -2.39. The molecular formula is C19H23FN4O3S. The molecule has 9 heteroatoms. The van der Waals surface area contributed by atoms with Gasteiger partial charge in [0.1, 0.15) is 0 Å². The van der Waals surface area contributed by atoms with Crippen LogP contribution in [0.15, 0.2) is 42.1 Å². The lowest BCUT2D eigenvalue weighted by Crippen LogP contribution is -2.41. The van der Waals surface area contributed by atoms with E-state index in [1.807, 2.05) is 4.57 Å². The standard InChI is InChI=1S/C19H23FN4O3S/c1-3-8-24-18(14(2)27-16-7-5-4-6-15(16)20)21-22-19(24)28-13-17(25)23-9-11-26-12-10-23/h3-7,14H,1,8-13H2,2H3. The van der Waals surface area contributed by atoms with Crippen LogP contribution in [0.2, 0.25) is 0 Å². The van der Waals surface area contributed by atoms with Gasteiger partial charge in [-0.1, -0.05) is 30.0 Å². The first-order valence-electron chi connectivity index (χ1n) is 9.03. The van der Waals surface area contributed by atoms with Gasteiger partial charge in [-0.2, -0.15) is 0 Å². The van der Waals surface area contributed by atoms with Gasteiger partial charge in [0.25, 0.3) is 0 Å². The summed E-state index contributed by atoms with van der Waals surface area (Å²) in [5, 5.41) is 9.00. The molecule has 1 aliphatic heterocycles. The van der Waals surface area contributed by atoms with Crippen molar-refractivity contribution in [2.24, 2.45) is 0 Å². The SMILES string of the molecule is C=CCn1c(SCC(=O)N2CCOCC2)nnc1C(C)Oc1ccccc1F. The second-order valence-corrected chi connectivity index (χ2v) is 7.15. The average Bonchev–Trinajstić information content (AvgIpc) is 3.11. The lowest BCUT2D eigenvalue weighted by atomic mass is 10.3. The minimum atomic E-state index is -0.520. The molecule has 0 radical (unpaired) electrons. The Morgan fingerprint density at radius 3 is 2.86 bits per heavy atom. The van der Waals surface area contributed by atoms with Gasteiger partial charge in [0.05, 0.1) is 19.0 Å². The van der Waals surface area contributed by atoms with Crippen molar-refractivity contribution in [1.82, 2.24) is 19.7 Å². The van der Waals surface area contributed by atoms with E-state index in [0.29, 0.717) is 43.8 Å². The highest BCUT2D eigenvalue weighted by atomic mass is 32.2. The van der Waals surface area contributed by atoms with Crippen molar-refractivity contribution in [3.05, 3.63) is 48.6 Å². The Morgan fingerprint density at radius 1 is 1.39 bits per heavy atom. The number of morpholine rings is 1. The number of hydrogen-bond acceptors (Lipinski definition) is 6. The second kappa shape index (κ2) is 9.70. The summed E-state index contributed by atoms with van der Waals surface area (Å²) in [5.41, 5.74) is 0. The number of carbonyl (C=O) groups excluding carboxylic acids is 1. The number of para-hydroxylation sites is 1. The van der Waals surface area contributed by atoms with E-state index in [1.54, 1.807) is 36.1 Å². The highest BCUT2D eigenvalue weighted by Crippen LogP contribution is 2.26. The summed E-state index contributed by atoms with van der Waals surface area (Å²) in [5.74, 6) is 0.565. The Balaban J connectivity index is 1.69. The van der Waals surface area contributed by atoms with Crippen LogP contribution < -0.4 is 4.74 Å². The monoisotopic (exact) mass is 406 g/mol. The van der Waals surface area contributed by atoms with Gasteiger partial charge in [-0.3, -0.25) is 9.36 Å². The topological polar surface area (TPSA) is 69.5 Å². The van der Waals surface area contributed by atoms with E-state index in [0.717, 1.165) is 0 Å². The molecule has 2 heterocycles. The normalized spacial score (nSPS) is 15.3. The van der Waals surface area contributed by atoms with Crippen LogP contribution >= 0.6 is 11.8 Å². The molecule has 2 aromatic rings. The van der Waals surface area contributed by atoms with Crippen LogP contribution in [-0.4, -0.2) is 57.6 Å². The van der Waals surface area contributed by atoms with Crippen molar-refractivity contribution >= 4 is 17.7 Å². The van der Waals surface area contributed by atoms with E-state index in [4.69, 9.17) is 9.47 Å². The number of allylic oxidation sites excluding steroid dienone is 1. The van der Waals surface area contributed by atoms with Gasteiger partial charge in [0, 0.05) is 19.6 Å².